The monoisotopic (exact) mass is 264 g/mol. The molecule has 18 heavy (non-hydrogen) atoms. The molecule has 96 valence electrons. The van der Waals surface area contributed by atoms with Gasteiger partial charge in [0.05, 0.1) is 17.8 Å². The number of nitrogens with zero attached hydrogens (tertiary/aromatic N) is 3. The summed E-state index contributed by atoms with van der Waals surface area (Å²) in [4.78, 5) is 4.57. The van der Waals surface area contributed by atoms with E-state index in [1.54, 1.807) is 18.0 Å². The van der Waals surface area contributed by atoms with E-state index < -0.39 is 0 Å². The van der Waals surface area contributed by atoms with Crippen LogP contribution < -0.4 is 5.32 Å². The lowest BCUT2D eigenvalue weighted by atomic mass is 9.93. The summed E-state index contributed by atoms with van der Waals surface area (Å²) in [7, 11) is 0. The van der Waals surface area contributed by atoms with Crippen molar-refractivity contribution in [2.75, 3.05) is 19.0 Å². The molecule has 0 radical (unpaired) electrons. The van der Waals surface area contributed by atoms with Crippen molar-refractivity contribution in [3.8, 4) is 0 Å². The highest BCUT2D eigenvalue weighted by atomic mass is 32.2. The summed E-state index contributed by atoms with van der Waals surface area (Å²) in [6, 6.07) is 3.83. The van der Waals surface area contributed by atoms with E-state index in [1.807, 2.05) is 12.1 Å². The van der Waals surface area contributed by atoms with Gasteiger partial charge in [0, 0.05) is 25.2 Å². The number of hydrogen-bond acceptors (Lipinski definition) is 5. The zero-order valence-electron chi connectivity index (χ0n) is 10.1. The molecule has 0 aromatic carbocycles. The quantitative estimate of drug-likeness (QED) is 0.870. The van der Waals surface area contributed by atoms with Crippen LogP contribution >= 0.6 is 11.8 Å². The Labute approximate surface area is 110 Å². The van der Waals surface area contributed by atoms with Crippen molar-refractivity contribution in [2.45, 2.75) is 24.9 Å². The molecule has 6 heteroatoms. The topological polar surface area (TPSA) is 59.4 Å². The summed E-state index contributed by atoms with van der Waals surface area (Å²) in [5.41, 5.74) is 1.12. The van der Waals surface area contributed by atoms with E-state index in [0.717, 1.165) is 42.7 Å². The van der Waals surface area contributed by atoms with Gasteiger partial charge in [-0.25, -0.2) is 0 Å². The Hall–Kier alpha value is -1.14. The second kappa shape index (κ2) is 5.24. The van der Waals surface area contributed by atoms with E-state index in [0.29, 0.717) is 6.54 Å². The smallest absolute Gasteiger partial charge is 0.157 e. The number of aliphatic imine (C=N–C) groups is 1. The molecule has 0 unspecified atom stereocenters. The van der Waals surface area contributed by atoms with Crippen molar-refractivity contribution in [2.24, 2.45) is 4.99 Å². The van der Waals surface area contributed by atoms with Crippen LogP contribution in [0.3, 0.4) is 0 Å². The molecular formula is C12H16N4OS. The summed E-state index contributed by atoms with van der Waals surface area (Å²) < 4.78 is 5.41. The number of aromatic nitrogens is 2. The van der Waals surface area contributed by atoms with Gasteiger partial charge in [0.25, 0.3) is 0 Å². The van der Waals surface area contributed by atoms with Gasteiger partial charge >= 0.3 is 0 Å². The van der Waals surface area contributed by atoms with Crippen LogP contribution in [-0.2, 0) is 11.3 Å². The Morgan fingerprint density at radius 3 is 3.11 bits per heavy atom. The first kappa shape index (κ1) is 11.9. The van der Waals surface area contributed by atoms with Gasteiger partial charge in [-0.2, -0.15) is 10.2 Å². The molecule has 3 rings (SSSR count). The molecular weight excluding hydrogens is 248 g/mol. The highest BCUT2D eigenvalue weighted by molar-refractivity contribution is 8.14. The normalized spacial score (nSPS) is 24.3. The number of hydrogen-bond donors (Lipinski definition) is 1. The van der Waals surface area contributed by atoms with Gasteiger partial charge in [0.15, 0.2) is 5.17 Å². The van der Waals surface area contributed by atoms with Crippen molar-refractivity contribution in [1.29, 1.82) is 0 Å². The zero-order valence-corrected chi connectivity index (χ0v) is 10.9. The van der Waals surface area contributed by atoms with E-state index in [-0.39, 0.29) is 5.54 Å². The molecule has 3 heterocycles. The Morgan fingerprint density at radius 1 is 1.44 bits per heavy atom. The third-order valence-corrected chi connectivity index (χ3v) is 4.52. The molecule has 5 nitrogen and oxygen atoms in total. The Kier molecular flexibility index (Phi) is 3.47. The standard InChI is InChI=1S/C12H16N4OS/c1-2-10(16-14-5-1)8-13-11-15-12(9-18-11)3-6-17-7-4-12/h1-2,5H,3-4,6-9H2,(H,13,15). The number of thioether (sulfide) groups is 1. The maximum atomic E-state index is 5.41. The average molecular weight is 264 g/mol. The minimum Gasteiger partial charge on any atom is -0.381 e. The molecule has 2 aliphatic heterocycles. The van der Waals surface area contributed by atoms with Crippen molar-refractivity contribution >= 4 is 16.9 Å². The number of rotatable bonds is 2. The SMILES string of the molecule is c1cnnc(CN=C2NC3(CCOCC3)CS2)c1. The van der Waals surface area contributed by atoms with E-state index in [1.165, 1.54) is 0 Å². The molecule has 1 N–H and O–H groups in total. The van der Waals surface area contributed by atoms with E-state index in [9.17, 15) is 0 Å². The van der Waals surface area contributed by atoms with Crippen molar-refractivity contribution in [3.63, 3.8) is 0 Å². The maximum Gasteiger partial charge on any atom is 0.157 e. The molecule has 0 amide bonds. The fraction of sp³-hybridized carbons (Fsp3) is 0.583. The number of ether oxygens (including phenoxy) is 1. The lowest BCUT2D eigenvalue weighted by Gasteiger charge is -2.32. The summed E-state index contributed by atoms with van der Waals surface area (Å²) in [5.74, 6) is 1.09. The molecule has 0 aliphatic carbocycles. The Balaban J connectivity index is 1.61. The van der Waals surface area contributed by atoms with Gasteiger partial charge in [-0.3, -0.25) is 4.99 Å². The van der Waals surface area contributed by atoms with Crippen molar-refractivity contribution in [1.82, 2.24) is 15.5 Å². The third-order valence-electron chi connectivity index (χ3n) is 3.32. The maximum absolute atomic E-state index is 5.41. The van der Waals surface area contributed by atoms with Gasteiger partial charge in [-0.15, -0.1) is 0 Å². The molecule has 2 fully saturated rings. The van der Waals surface area contributed by atoms with Gasteiger partial charge in [-0.05, 0) is 25.0 Å². The van der Waals surface area contributed by atoms with Crippen LogP contribution in [-0.4, -0.2) is 39.9 Å². The van der Waals surface area contributed by atoms with E-state index in [2.05, 4.69) is 20.5 Å². The van der Waals surface area contributed by atoms with Gasteiger partial charge in [0.2, 0.25) is 0 Å². The molecule has 0 bridgehead atoms. The summed E-state index contributed by atoms with van der Waals surface area (Å²) in [5, 5.41) is 12.5. The van der Waals surface area contributed by atoms with Crippen LogP contribution in [0.15, 0.2) is 23.3 Å². The largest absolute Gasteiger partial charge is 0.381 e. The van der Waals surface area contributed by atoms with Crippen LogP contribution in [0.25, 0.3) is 0 Å². The van der Waals surface area contributed by atoms with Gasteiger partial charge < -0.3 is 10.1 Å². The van der Waals surface area contributed by atoms with Crippen LogP contribution in [0.1, 0.15) is 18.5 Å². The minimum atomic E-state index is 0.212. The number of amidine groups is 1. The van der Waals surface area contributed by atoms with E-state index in [4.69, 9.17) is 4.74 Å². The first-order valence-electron chi connectivity index (χ1n) is 6.16. The Bertz CT molecular complexity index is 431. The second-order valence-electron chi connectivity index (χ2n) is 4.64. The summed E-state index contributed by atoms with van der Waals surface area (Å²) in [6.07, 6.45) is 3.82. The van der Waals surface area contributed by atoms with E-state index >= 15 is 0 Å². The van der Waals surface area contributed by atoms with Gasteiger partial charge in [-0.1, -0.05) is 11.8 Å². The summed E-state index contributed by atoms with van der Waals surface area (Å²) in [6.45, 7) is 2.30. The van der Waals surface area contributed by atoms with Crippen molar-refractivity contribution < 1.29 is 4.74 Å². The predicted octanol–water partition coefficient (Wildman–Crippen LogP) is 1.22. The third kappa shape index (κ3) is 2.64. The fourth-order valence-corrected chi connectivity index (χ4v) is 3.41. The highest BCUT2D eigenvalue weighted by Gasteiger charge is 2.38. The lowest BCUT2D eigenvalue weighted by Crippen LogP contribution is -2.48. The van der Waals surface area contributed by atoms with Crippen LogP contribution in [0.2, 0.25) is 0 Å². The summed E-state index contributed by atoms with van der Waals surface area (Å²) >= 11 is 1.80. The molecule has 1 aromatic rings. The zero-order chi connectivity index (χ0) is 12.3. The molecule has 0 saturated carbocycles. The second-order valence-corrected chi connectivity index (χ2v) is 5.61. The highest BCUT2D eigenvalue weighted by Crippen LogP contribution is 2.31. The first-order valence-corrected chi connectivity index (χ1v) is 7.15. The molecule has 2 aliphatic rings. The van der Waals surface area contributed by atoms with Crippen LogP contribution in [0.4, 0.5) is 0 Å². The van der Waals surface area contributed by atoms with Crippen molar-refractivity contribution in [3.05, 3.63) is 24.0 Å². The van der Waals surface area contributed by atoms with Crippen LogP contribution in [0, 0.1) is 0 Å². The minimum absolute atomic E-state index is 0.212. The predicted molar refractivity (Wildman–Crippen MR) is 71.5 cm³/mol. The van der Waals surface area contributed by atoms with Gasteiger partial charge in [0.1, 0.15) is 0 Å². The molecule has 0 atom stereocenters. The molecule has 2 saturated heterocycles. The fourth-order valence-electron chi connectivity index (χ4n) is 2.19. The van der Waals surface area contributed by atoms with Crippen LogP contribution in [0.5, 0.6) is 0 Å². The average Bonchev–Trinajstić information content (AvgIpc) is 2.82. The first-order chi connectivity index (χ1) is 8.86. The lowest BCUT2D eigenvalue weighted by molar-refractivity contribution is 0.0555. The number of nitrogens with one attached hydrogen (secondary N) is 1. The molecule has 1 spiro atoms. The Morgan fingerprint density at radius 2 is 2.33 bits per heavy atom. The molecule has 1 aromatic heterocycles.